The fourth-order valence-corrected chi connectivity index (χ4v) is 6.92. The minimum Gasteiger partial charge on any atom is -0.462 e. The maximum absolute atomic E-state index is 12.9. The summed E-state index contributed by atoms with van der Waals surface area (Å²) < 4.78 is 33.4. The SMILES string of the molecule is CCCC/C=C/C/C=C/CCCCCCCC(=O)O[C@H](COC(=O)CCCCCCC/C=C/CCCC)CO[C@@H]1O[C@H](CO[C@@H]2O[C@H](CO)[C@H](O)C(O)C2O)[C@H](O)C(O)C1O. The van der Waals surface area contributed by atoms with Crippen molar-refractivity contribution in [3.8, 4) is 0 Å². The van der Waals surface area contributed by atoms with Gasteiger partial charge in [-0.3, -0.25) is 9.59 Å². The Balaban J connectivity index is 1.87. The average molecular weight is 873 g/mol. The van der Waals surface area contributed by atoms with Crippen molar-refractivity contribution >= 4 is 11.9 Å². The van der Waals surface area contributed by atoms with Gasteiger partial charge in [0.2, 0.25) is 0 Å². The highest BCUT2D eigenvalue weighted by Gasteiger charge is 2.47. The molecule has 2 heterocycles. The van der Waals surface area contributed by atoms with Crippen molar-refractivity contribution < 1.29 is 73.8 Å². The third-order valence-corrected chi connectivity index (χ3v) is 10.8. The second-order valence-corrected chi connectivity index (χ2v) is 16.2. The third kappa shape index (κ3) is 23.3. The summed E-state index contributed by atoms with van der Waals surface area (Å²) in [5, 5.41) is 71.8. The van der Waals surface area contributed by atoms with Gasteiger partial charge in [-0.25, -0.2) is 0 Å². The monoisotopic (exact) mass is 873 g/mol. The highest BCUT2D eigenvalue weighted by molar-refractivity contribution is 5.70. The molecule has 15 nitrogen and oxygen atoms in total. The Morgan fingerprint density at radius 1 is 0.525 bits per heavy atom. The number of aliphatic hydroxyl groups excluding tert-OH is 7. The summed E-state index contributed by atoms with van der Waals surface area (Å²) in [5.74, 6) is -0.956. The summed E-state index contributed by atoms with van der Waals surface area (Å²) in [7, 11) is 0. The Morgan fingerprint density at radius 2 is 0.984 bits per heavy atom. The zero-order valence-corrected chi connectivity index (χ0v) is 36.9. The van der Waals surface area contributed by atoms with Crippen molar-refractivity contribution in [1.29, 1.82) is 0 Å². The summed E-state index contributed by atoms with van der Waals surface area (Å²) in [4.78, 5) is 25.6. The predicted octanol–water partition coefficient (Wildman–Crippen LogP) is 4.98. The highest BCUT2D eigenvalue weighted by Crippen LogP contribution is 2.26. The summed E-state index contributed by atoms with van der Waals surface area (Å²) in [5.41, 5.74) is 0. The summed E-state index contributed by atoms with van der Waals surface area (Å²) in [6.45, 7) is 2.46. The standard InChI is InChI=1S/C46H80O15/c1-3-5-7-9-11-13-15-16-17-19-21-23-25-27-29-38(49)59-34(31-56-37(48)28-26-24-22-20-18-14-12-10-8-6-4-2)32-57-45-44(55)42(53)40(51)36(61-45)33-58-46-43(54)41(52)39(50)35(30-47)60-46/h9-12,15-16,34-36,39-47,50-55H,3-8,13-14,17-33H2,1-2H3/b11-9+,12-10+,16-15+/t34-,35-,36-,39+,40+,41?,42?,43?,44?,45-,46-/m1/s1. The van der Waals surface area contributed by atoms with Gasteiger partial charge in [-0.2, -0.15) is 0 Å². The Hall–Kier alpha value is -2.28. The fourth-order valence-electron chi connectivity index (χ4n) is 6.92. The molecule has 0 saturated carbocycles. The van der Waals surface area contributed by atoms with Crippen LogP contribution in [0.25, 0.3) is 0 Å². The molecule has 61 heavy (non-hydrogen) atoms. The minimum atomic E-state index is -1.77. The van der Waals surface area contributed by atoms with Gasteiger partial charge in [-0.15, -0.1) is 0 Å². The van der Waals surface area contributed by atoms with Gasteiger partial charge in [0, 0.05) is 12.8 Å². The lowest BCUT2D eigenvalue weighted by molar-refractivity contribution is -0.332. The van der Waals surface area contributed by atoms with Crippen LogP contribution < -0.4 is 0 Å². The first-order valence-electron chi connectivity index (χ1n) is 23.1. The molecular formula is C46H80O15. The van der Waals surface area contributed by atoms with Crippen LogP contribution in [0.2, 0.25) is 0 Å². The van der Waals surface area contributed by atoms with E-state index in [0.29, 0.717) is 12.8 Å². The average Bonchev–Trinajstić information content (AvgIpc) is 3.25. The number of unbranched alkanes of at least 4 members (excludes halogenated alkanes) is 14. The van der Waals surface area contributed by atoms with Crippen molar-refractivity contribution in [2.75, 3.05) is 26.4 Å². The van der Waals surface area contributed by atoms with Gasteiger partial charge in [-0.1, -0.05) is 115 Å². The van der Waals surface area contributed by atoms with Crippen LogP contribution >= 0.6 is 0 Å². The number of hydrogen-bond donors (Lipinski definition) is 7. The van der Waals surface area contributed by atoms with E-state index in [-0.39, 0.29) is 19.4 Å². The van der Waals surface area contributed by atoms with E-state index in [0.717, 1.165) is 83.5 Å². The van der Waals surface area contributed by atoms with E-state index >= 15 is 0 Å². The second kappa shape index (κ2) is 34.2. The smallest absolute Gasteiger partial charge is 0.306 e. The van der Waals surface area contributed by atoms with Crippen LogP contribution in [0, 0.1) is 0 Å². The van der Waals surface area contributed by atoms with Crippen LogP contribution in [0.15, 0.2) is 36.5 Å². The molecule has 11 atom stereocenters. The van der Waals surface area contributed by atoms with E-state index in [1.54, 1.807) is 0 Å². The molecule has 0 aromatic carbocycles. The first kappa shape index (κ1) is 54.9. The molecule has 0 radical (unpaired) electrons. The summed E-state index contributed by atoms with van der Waals surface area (Å²) in [6.07, 6.45) is 16.2. The van der Waals surface area contributed by atoms with Gasteiger partial charge in [-0.05, 0) is 57.8 Å². The summed E-state index contributed by atoms with van der Waals surface area (Å²) >= 11 is 0. The molecule has 2 aliphatic rings. The van der Waals surface area contributed by atoms with Gasteiger partial charge in [0.15, 0.2) is 18.7 Å². The molecule has 2 saturated heterocycles. The topological polar surface area (TPSA) is 231 Å². The van der Waals surface area contributed by atoms with Crippen LogP contribution in [0.4, 0.5) is 0 Å². The van der Waals surface area contributed by atoms with Gasteiger partial charge in [0.25, 0.3) is 0 Å². The molecule has 2 fully saturated rings. The second-order valence-electron chi connectivity index (χ2n) is 16.2. The Labute approximate surface area is 364 Å². The first-order chi connectivity index (χ1) is 29.5. The van der Waals surface area contributed by atoms with E-state index in [2.05, 4.69) is 50.3 Å². The van der Waals surface area contributed by atoms with Crippen LogP contribution in [-0.2, 0) is 38.0 Å². The molecule has 0 amide bonds. The van der Waals surface area contributed by atoms with Crippen molar-refractivity contribution in [1.82, 2.24) is 0 Å². The van der Waals surface area contributed by atoms with Gasteiger partial charge < -0.3 is 64.2 Å². The molecule has 4 unspecified atom stereocenters. The molecule has 0 bridgehead atoms. The van der Waals surface area contributed by atoms with Crippen molar-refractivity contribution in [2.45, 2.75) is 216 Å². The number of esters is 2. The number of hydrogen-bond acceptors (Lipinski definition) is 15. The third-order valence-electron chi connectivity index (χ3n) is 10.8. The number of ether oxygens (including phenoxy) is 6. The molecule has 2 rings (SSSR count). The molecule has 0 spiro atoms. The lowest BCUT2D eigenvalue weighted by Crippen LogP contribution is -2.61. The lowest BCUT2D eigenvalue weighted by atomic mass is 9.98. The van der Waals surface area contributed by atoms with Crippen LogP contribution in [0.3, 0.4) is 0 Å². The minimum absolute atomic E-state index is 0.147. The molecule has 7 N–H and O–H groups in total. The van der Waals surface area contributed by atoms with E-state index in [4.69, 9.17) is 28.4 Å². The van der Waals surface area contributed by atoms with E-state index in [1.807, 2.05) is 0 Å². The van der Waals surface area contributed by atoms with Gasteiger partial charge in [0.05, 0.1) is 19.8 Å². The Kier molecular flexibility index (Phi) is 30.7. The normalized spacial score (nSPS) is 27.6. The van der Waals surface area contributed by atoms with E-state index in [1.165, 1.54) is 25.7 Å². The maximum Gasteiger partial charge on any atom is 0.306 e. The highest BCUT2D eigenvalue weighted by atomic mass is 16.7. The Bertz CT molecular complexity index is 1210. The molecular weight excluding hydrogens is 792 g/mol. The zero-order chi connectivity index (χ0) is 44.7. The molecule has 0 aromatic heterocycles. The lowest BCUT2D eigenvalue weighted by Gasteiger charge is -2.42. The zero-order valence-electron chi connectivity index (χ0n) is 36.9. The molecule has 0 aromatic rings. The van der Waals surface area contributed by atoms with Gasteiger partial charge in [0.1, 0.15) is 55.4 Å². The van der Waals surface area contributed by atoms with E-state index in [9.17, 15) is 45.3 Å². The summed E-state index contributed by atoms with van der Waals surface area (Å²) in [6, 6.07) is 0. The van der Waals surface area contributed by atoms with Gasteiger partial charge >= 0.3 is 11.9 Å². The molecule has 15 heteroatoms. The number of aliphatic hydroxyl groups is 7. The van der Waals surface area contributed by atoms with Crippen LogP contribution in [0.1, 0.15) is 149 Å². The first-order valence-corrected chi connectivity index (χ1v) is 23.1. The number of carbonyl (C=O) groups excluding carboxylic acids is 2. The fraction of sp³-hybridized carbons (Fsp3) is 0.826. The number of rotatable bonds is 34. The van der Waals surface area contributed by atoms with Crippen LogP contribution in [0.5, 0.6) is 0 Å². The van der Waals surface area contributed by atoms with Crippen LogP contribution in [-0.4, -0.2) is 142 Å². The quantitative estimate of drug-likeness (QED) is 0.0257. The van der Waals surface area contributed by atoms with Crippen molar-refractivity contribution in [2.24, 2.45) is 0 Å². The van der Waals surface area contributed by atoms with E-state index < -0.39 is 99.3 Å². The largest absolute Gasteiger partial charge is 0.462 e. The number of carbonyl (C=O) groups is 2. The molecule has 0 aliphatic carbocycles. The molecule has 2 aliphatic heterocycles. The molecule has 354 valence electrons. The van der Waals surface area contributed by atoms with Crippen molar-refractivity contribution in [3.05, 3.63) is 36.5 Å². The predicted molar refractivity (Wildman–Crippen MR) is 229 cm³/mol. The number of allylic oxidation sites excluding steroid dienone is 6. The maximum atomic E-state index is 12.9. The Morgan fingerprint density at radius 3 is 1.54 bits per heavy atom. The van der Waals surface area contributed by atoms with Crippen molar-refractivity contribution in [3.63, 3.8) is 0 Å².